The first kappa shape index (κ1) is 8.47. The monoisotopic (exact) mass is 183 g/mol. The fourth-order valence-electron chi connectivity index (χ4n) is 1.22. The summed E-state index contributed by atoms with van der Waals surface area (Å²) in [5.74, 6) is 0. The van der Waals surface area contributed by atoms with E-state index in [4.69, 9.17) is 4.74 Å². The molecule has 2 aliphatic rings. The Morgan fingerprint density at radius 3 is 2.31 bits per heavy atom. The van der Waals surface area contributed by atoms with E-state index in [0.717, 1.165) is 0 Å². The van der Waals surface area contributed by atoms with E-state index >= 15 is 0 Å². The molecule has 0 radical (unpaired) electrons. The first-order chi connectivity index (χ1) is 5.90. The van der Waals surface area contributed by atoms with Crippen LogP contribution in [0.25, 0.3) is 0 Å². The second-order valence-electron chi connectivity index (χ2n) is 4.52. The zero-order chi connectivity index (χ0) is 9.69. The van der Waals surface area contributed by atoms with Crippen molar-refractivity contribution >= 4 is 6.09 Å². The molecule has 0 aromatic rings. The fraction of sp³-hybridized carbons (Fsp3) is 0.875. The van der Waals surface area contributed by atoms with E-state index in [2.05, 4.69) is 10.2 Å². The predicted molar refractivity (Wildman–Crippen MR) is 45.4 cm³/mol. The Morgan fingerprint density at radius 1 is 1.38 bits per heavy atom. The van der Waals surface area contributed by atoms with Crippen molar-refractivity contribution in [3.05, 3.63) is 0 Å². The van der Waals surface area contributed by atoms with Gasteiger partial charge in [-0.3, -0.25) is 4.90 Å². The molecule has 5 nitrogen and oxygen atoms in total. The molecule has 1 spiro atoms. The summed E-state index contributed by atoms with van der Waals surface area (Å²) in [7, 11) is 0. The van der Waals surface area contributed by atoms with E-state index < -0.39 is 5.60 Å². The molecule has 2 rings (SSSR count). The first-order valence-corrected chi connectivity index (χ1v) is 4.32. The number of hydrogen-bond acceptors (Lipinski definition) is 4. The van der Waals surface area contributed by atoms with Gasteiger partial charge in [0.15, 0.2) is 0 Å². The Hall–Kier alpha value is -1.13. The fourth-order valence-corrected chi connectivity index (χ4v) is 1.22. The van der Waals surface area contributed by atoms with Crippen molar-refractivity contribution in [3.8, 4) is 0 Å². The zero-order valence-electron chi connectivity index (χ0n) is 8.07. The molecule has 2 aliphatic heterocycles. The number of nitrogens with zero attached hydrogens (tertiary/aromatic N) is 3. The minimum atomic E-state index is -0.419. The lowest BCUT2D eigenvalue weighted by atomic mass is 10.1. The van der Waals surface area contributed by atoms with Crippen LogP contribution in [0, 0.1) is 0 Å². The molecule has 0 saturated carbocycles. The number of amides is 1. The normalized spacial score (nSPS) is 22.8. The van der Waals surface area contributed by atoms with Gasteiger partial charge < -0.3 is 4.74 Å². The number of likely N-dealkylation sites (tertiary alicyclic amines) is 1. The molecule has 0 bridgehead atoms. The van der Waals surface area contributed by atoms with E-state index in [1.165, 1.54) is 0 Å². The minimum Gasteiger partial charge on any atom is -0.444 e. The molecule has 1 saturated heterocycles. The maximum Gasteiger partial charge on any atom is 0.410 e. The summed E-state index contributed by atoms with van der Waals surface area (Å²) in [5.41, 5.74) is -0.644. The van der Waals surface area contributed by atoms with Crippen LogP contribution in [0.5, 0.6) is 0 Å². The summed E-state index contributed by atoms with van der Waals surface area (Å²) in [4.78, 5) is 13.0. The molecule has 72 valence electrons. The van der Waals surface area contributed by atoms with Gasteiger partial charge in [-0.25, -0.2) is 4.79 Å². The van der Waals surface area contributed by atoms with Gasteiger partial charge in [-0.15, -0.1) is 0 Å². The Kier molecular flexibility index (Phi) is 1.44. The molecule has 0 aromatic carbocycles. The summed E-state index contributed by atoms with van der Waals surface area (Å²) in [6, 6.07) is 0. The third kappa shape index (κ3) is 1.64. The Morgan fingerprint density at radius 2 is 1.92 bits per heavy atom. The van der Waals surface area contributed by atoms with Gasteiger partial charge in [-0.05, 0) is 20.8 Å². The Balaban J connectivity index is 1.79. The highest BCUT2D eigenvalue weighted by molar-refractivity contribution is 5.70. The zero-order valence-corrected chi connectivity index (χ0v) is 8.07. The molecule has 0 aromatic heterocycles. The van der Waals surface area contributed by atoms with Gasteiger partial charge in [0, 0.05) is 0 Å². The molecule has 0 aliphatic carbocycles. The van der Waals surface area contributed by atoms with Crippen molar-refractivity contribution in [2.45, 2.75) is 32.0 Å². The molecule has 0 atom stereocenters. The highest BCUT2D eigenvalue weighted by Crippen LogP contribution is 2.38. The second kappa shape index (κ2) is 2.21. The summed E-state index contributed by atoms with van der Waals surface area (Å²) in [6.07, 6.45) is -0.268. The smallest absolute Gasteiger partial charge is 0.410 e. The summed E-state index contributed by atoms with van der Waals surface area (Å²) in [5, 5.41) is 7.69. The number of carbonyl (C=O) groups is 1. The number of ether oxygens (including phenoxy) is 1. The number of rotatable bonds is 0. The van der Waals surface area contributed by atoms with Gasteiger partial charge in [0.25, 0.3) is 0 Å². The van der Waals surface area contributed by atoms with E-state index in [1.54, 1.807) is 4.90 Å². The van der Waals surface area contributed by atoms with Crippen molar-refractivity contribution in [3.63, 3.8) is 0 Å². The van der Waals surface area contributed by atoms with Crippen molar-refractivity contribution in [2.24, 2.45) is 10.2 Å². The Labute approximate surface area is 76.8 Å². The maximum absolute atomic E-state index is 11.4. The van der Waals surface area contributed by atoms with Crippen molar-refractivity contribution in [1.29, 1.82) is 0 Å². The quantitative estimate of drug-likeness (QED) is 0.570. The van der Waals surface area contributed by atoms with Crippen LogP contribution in [0.3, 0.4) is 0 Å². The van der Waals surface area contributed by atoms with Crippen LogP contribution >= 0.6 is 0 Å². The third-order valence-electron chi connectivity index (χ3n) is 1.92. The van der Waals surface area contributed by atoms with Gasteiger partial charge in [-0.1, -0.05) is 0 Å². The summed E-state index contributed by atoms with van der Waals surface area (Å²) < 4.78 is 5.17. The summed E-state index contributed by atoms with van der Waals surface area (Å²) >= 11 is 0. The standard InChI is InChI=1S/C8H13N3O2/c1-7(2,3)13-6(12)11-4-8(5-11)9-10-8/h4-5H2,1-3H3. The molecular weight excluding hydrogens is 170 g/mol. The lowest BCUT2D eigenvalue weighted by molar-refractivity contribution is 0.00349. The molecule has 1 fully saturated rings. The van der Waals surface area contributed by atoms with E-state index in [9.17, 15) is 4.79 Å². The molecule has 5 heteroatoms. The second-order valence-corrected chi connectivity index (χ2v) is 4.52. The van der Waals surface area contributed by atoms with Gasteiger partial charge in [0.1, 0.15) is 5.60 Å². The van der Waals surface area contributed by atoms with Crippen molar-refractivity contribution in [1.82, 2.24) is 4.90 Å². The van der Waals surface area contributed by atoms with E-state index in [-0.39, 0.29) is 11.8 Å². The van der Waals surface area contributed by atoms with Gasteiger partial charge in [0.2, 0.25) is 5.66 Å². The largest absolute Gasteiger partial charge is 0.444 e. The third-order valence-corrected chi connectivity index (χ3v) is 1.92. The highest BCUT2D eigenvalue weighted by atomic mass is 16.6. The number of hydrogen-bond donors (Lipinski definition) is 0. The number of carbonyl (C=O) groups excluding carboxylic acids is 1. The van der Waals surface area contributed by atoms with Crippen LogP contribution < -0.4 is 0 Å². The highest BCUT2D eigenvalue weighted by Gasteiger charge is 2.54. The molecule has 13 heavy (non-hydrogen) atoms. The topological polar surface area (TPSA) is 54.3 Å². The average molecular weight is 183 g/mol. The summed E-state index contributed by atoms with van der Waals surface area (Å²) in [6.45, 7) is 6.73. The van der Waals surface area contributed by atoms with Crippen molar-refractivity contribution in [2.75, 3.05) is 13.1 Å². The van der Waals surface area contributed by atoms with Crippen LogP contribution in [0.4, 0.5) is 4.79 Å². The van der Waals surface area contributed by atoms with Crippen LogP contribution in [-0.4, -0.2) is 35.3 Å². The predicted octanol–water partition coefficient (Wildman–Crippen LogP) is 1.40. The lowest BCUT2D eigenvalue weighted by Crippen LogP contribution is -2.57. The first-order valence-electron chi connectivity index (χ1n) is 4.32. The average Bonchev–Trinajstić information content (AvgIpc) is 2.56. The van der Waals surface area contributed by atoms with Gasteiger partial charge in [-0.2, -0.15) is 10.2 Å². The van der Waals surface area contributed by atoms with E-state index in [0.29, 0.717) is 13.1 Å². The van der Waals surface area contributed by atoms with Gasteiger partial charge >= 0.3 is 6.09 Å². The minimum absolute atomic E-state index is 0.225. The molecule has 1 amide bonds. The molecule has 0 unspecified atom stereocenters. The Bertz CT molecular complexity index is 266. The van der Waals surface area contributed by atoms with Gasteiger partial charge in [0.05, 0.1) is 13.1 Å². The van der Waals surface area contributed by atoms with Crippen LogP contribution in [0.15, 0.2) is 10.2 Å². The van der Waals surface area contributed by atoms with Crippen LogP contribution in [0.2, 0.25) is 0 Å². The maximum atomic E-state index is 11.4. The van der Waals surface area contributed by atoms with E-state index in [1.807, 2.05) is 20.8 Å². The molecule has 0 N–H and O–H groups in total. The van der Waals surface area contributed by atoms with Crippen molar-refractivity contribution < 1.29 is 9.53 Å². The van der Waals surface area contributed by atoms with Crippen LogP contribution in [-0.2, 0) is 4.74 Å². The SMILES string of the molecule is CC(C)(C)OC(=O)N1CC2(C1)N=N2. The lowest BCUT2D eigenvalue weighted by Gasteiger charge is -2.36. The molecule has 2 heterocycles. The van der Waals surface area contributed by atoms with Crippen LogP contribution in [0.1, 0.15) is 20.8 Å². The molecular formula is C8H13N3O2.